The van der Waals surface area contributed by atoms with E-state index in [1.54, 1.807) is 32.2 Å². The van der Waals surface area contributed by atoms with Crippen LogP contribution in [0.4, 0.5) is 0 Å². The number of aryl methyl sites for hydroxylation is 1. The third-order valence-electron chi connectivity index (χ3n) is 2.72. The fourth-order valence-corrected chi connectivity index (χ4v) is 3.04. The summed E-state index contributed by atoms with van der Waals surface area (Å²) in [6.45, 7) is 5.97. The Kier molecular flexibility index (Phi) is 4.76. The van der Waals surface area contributed by atoms with Crippen LogP contribution in [0.2, 0.25) is 0 Å². The van der Waals surface area contributed by atoms with Gasteiger partial charge in [0.25, 0.3) is 0 Å². The number of aromatic nitrogens is 1. The highest BCUT2D eigenvalue weighted by Crippen LogP contribution is 2.49. The van der Waals surface area contributed by atoms with Crippen molar-refractivity contribution in [1.82, 2.24) is 4.98 Å². The van der Waals surface area contributed by atoms with Crippen LogP contribution in [-0.4, -0.2) is 18.2 Å². The Balaban J connectivity index is 2.33. The number of rotatable bonds is 6. The van der Waals surface area contributed by atoms with Gasteiger partial charge in [0.2, 0.25) is 0 Å². The van der Waals surface area contributed by atoms with Gasteiger partial charge in [0.05, 0.1) is 18.7 Å². The minimum Gasteiger partial charge on any atom is -0.404 e. The van der Waals surface area contributed by atoms with Gasteiger partial charge in [-0.3, -0.25) is 14.0 Å². The number of pyridine rings is 1. The summed E-state index contributed by atoms with van der Waals surface area (Å²) in [5.74, 6) is 0.443. The predicted octanol–water partition coefficient (Wildman–Crippen LogP) is 4.10. The highest BCUT2D eigenvalue weighted by Gasteiger charge is 2.27. The van der Waals surface area contributed by atoms with Crippen molar-refractivity contribution < 1.29 is 18.1 Å². The van der Waals surface area contributed by atoms with Gasteiger partial charge in [-0.05, 0) is 50.6 Å². The van der Waals surface area contributed by atoms with Crippen LogP contribution >= 0.6 is 7.82 Å². The molecule has 0 saturated heterocycles. The number of hydrogen-bond donors (Lipinski definition) is 0. The maximum atomic E-state index is 12.3. The number of nitrogens with zero attached hydrogens (tertiary/aromatic N) is 1. The summed E-state index contributed by atoms with van der Waals surface area (Å²) >= 11 is 0. The first-order valence-electron chi connectivity index (χ1n) is 6.52. The minimum atomic E-state index is -3.55. The summed E-state index contributed by atoms with van der Waals surface area (Å²) in [6, 6.07) is 7.23. The first-order valence-corrected chi connectivity index (χ1v) is 7.98. The first kappa shape index (κ1) is 15.0. The summed E-state index contributed by atoms with van der Waals surface area (Å²) in [5.41, 5.74) is 1.93. The molecule has 0 unspecified atom stereocenters. The summed E-state index contributed by atoms with van der Waals surface area (Å²) in [6.07, 6.45) is 1.75. The lowest BCUT2D eigenvalue weighted by molar-refractivity contribution is 0.167. The highest BCUT2D eigenvalue weighted by molar-refractivity contribution is 7.48. The Labute approximate surface area is 118 Å². The van der Waals surface area contributed by atoms with Crippen molar-refractivity contribution in [3.05, 3.63) is 36.0 Å². The maximum absolute atomic E-state index is 12.3. The van der Waals surface area contributed by atoms with Crippen LogP contribution < -0.4 is 4.52 Å². The highest BCUT2D eigenvalue weighted by atomic mass is 31.2. The van der Waals surface area contributed by atoms with Crippen molar-refractivity contribution in [2.24, 2.45) is 0 Å². The largest absolute Gasteiger partial charge is 0.530 e. The number of hydrogen-bond acceptors (Lipinski definition) is 5. The van der Waals surface area contributed by atoms with E-state index < -0.39 is 7.82 Å². The molecule has 0 amide bonds. The average molecular weight is 295 g/mol. The molecule has 0 aliphatic rings. The molecule has 5 nitrogen and oxygen atoms in total. The van der Waals surface area contributed by atoms with E-state index in [2.05, 4.69) is 4.98 Å². The van der Waals surface area contributed by atoms with Crippen LogP contribution in [0, 0.1) is 6.92 Å². The molecule has 0 N–H and O–H groups in total. The lowest BCUT2D eigenvalue weighted by atomic mass is 10.1. The van der Waals surface area contributed by atoms with Gasteiger partial charge in [-0.1, -0.05) is 0 Å². The number of fused-ring (bicyclic) bond motifs is 1. The van der Waals surface area contributed by atoms with Crippen LogP contribution in [-0.2, 0) is 13.6 Å². The topological polar surface area (TPSA) is 57.7 Å². The van der Waals surface area contributed by atoms with E-state index in [0.717, 1.165) is 16.5 Å². The molecule has 6 heteroatoms. The number of phosphoric acid groups is 1. The molecule has 0 atom stereocenters. The van der Waals surface area contributed by atoms with E-state index in [1.807, 2.05) is 19.1 Å². The van der Waals surface area contributed by atoms with Gasteiger partial charge in [-0.25, -0.2) is 4.57 Å². The number of benzene rings is 1. The molecule has 2 aromatic rings. The van der Waals surface area contributed by atoms with Gasteiger partial charge < -0.3 is 4.52 Å². The second kappa shape index (κ2) is 6.35. The number of phosphoric ester groups is 1. The van der Waals surface area contributed by atoms with Crippen molar-refractivity contribution in [3.63, 3.8) is 0 Å². The lowest BCUT2D eigenvalue weighted by Gasteiger charge is -2.17. The van der Waals surface area contributed by atoms with Crippen LogP contribution in [0.15, 0.2) is 30.5 Å². The van der Waals surface area contributed by atoms with Crippen molar-refractivity contribution in [2.45, 2.75) is 20.8 Å². The zero-order valence-electron chi connectivity index (χ0n) is 11.8. The Hall–Kier alpha value is -1.42. The van der Waals surface area contributed by atoms with Crippen LogP contribution in [0.3, 0.4) is 0 Å². The third kappa shape index (κ3) is 3.37. The molecular formula is C14H18NO4P. The Morgan fingerprint density at radius 3 is 2.50 bits per heavy atom. The second-order valence-electron chi connectivity index (χ2n) is 4.18. The molecule has 108 valence electrons. The van der Waals surface area contributed by atoms with E-state index >= 15 is 0 Å². The van der Waals surface area contributed by atoms with E-state index in [4.69, 9.17) is 13.6 Å². The Morgan fingerprint density at radius 1 is 1.15 bits per heavy atom. The van der Waals surface area contributed by atoms with E-state index in [-0.39, 0.29) is 13.2 Å². The molecule has 20 heavy (non-hydrogen) atoms. The van der Waals surface area contributed by atoms with E-state index in [9.17, 15) is 4.57 Å². The van der Waals surface area contributed by atoms with Gasteiger partial charge in [-0.15, -0.1) is 0 Å². The third-order valence-corrected chi connectivity index (χ3v) is 4.31. The molecule has 0 radical (unpaired) electrons. The smallest absolute Gasteiger partial charge is 0.404 e. The van der Waals surface area contributed by atoms with Gasteiger partial charge >= 0.3 is 7.82 Å². The van der Waals surface area contributed by atoms with Gasteiger partial charge in [0, 0.05) is 11.6 Å². The van der Waals surface area contributed by atoms with Crippen molar-refractivity contribution in [1.29, 1.82) is 0 Å². The molecule has 0 fully saturated rings. The molecule has 1 aromatic heterocycles. The van der Waals surface area contributed by atoms with Gasteiger partial charge in [0.15, 0.2) is 0 Å². The molecule has 1 heterocycles. The molecule has 1 aromatic carbocycles. The molecule has 0 aliphatic carbocycles. The summed E-state index contributed by atoms with van der Waals surface area (Å²) < 4.78 is 28.0. The van der Waals surface area contributed by atoms with Crippen LogP contribution in [0.1, 0.15) is 19.4 Å². The zero-order chi connectivity index (χ0) is 14.6. The van der Waals surface area contributed by atoms with Crippen molar-refractivity contribution >= 4 is 18.7 Å². The molecule has 0 bridgehead atoms. The molecular weight excluding hydrogens is 277 g/mol. The minimum absolute atomic E-state index is 0.255. The normalized spacial score (nSPS) is 11.8. The predicted molar refractivity (Wildman–Crippen MR) is 78.0 cm³/mol. The summed E-state index contributed by atoms with van der Waals surface area (Å²) in [5, 5.41) is 0.949. The van der Waals surface area contributed by atoms with E-state index in [0.29, 0.717) is 5.75 Å². The maximum Gasteiger partial charge on any atom is 0.530 e. The van der Waals surface area contributed by atoms with Crippen LogP contribution in [0.25, 0.3) is 10.9 Å². The quantitative estimate of drug-likeness (QED) is 0.751. The molecule has 0 aliphatic heterocycles. The molecule has 0 saturated carbocycles. The zero-order valence-corrected chi connectivity index (χ0v) is 12.7. The first-order chi connectivity index (χ1) is 9.58. The standard InChI is InChI=1S/C14H18NO4P/c1-4-17-20(16,18-5-2)19-12-6-7-14-13(10-12)11(3)8-9-15-14/h6-10H,4-5H2,1-3H3. The fraction of sp³-hybridized carbons (Fsp3) is 0.357. The Morgan fingerprint density at radius 2 is 1.85 bits per heavy atom. The molecule has 0 spiro atoms. The van der Waals surface area contributed by atoms with Gasteiger partial charge in [0.1, 0.15) is 5.75 Å². The summed E-state index contributed by atoms with van der Waals surface area (Å²) in [4.78, 5) is 4.27. The fourth-order valence-electron chi connectivity index (χ4n) is 1.85. The SMILES string of the molecule is CCOP(=O)(OCC)Oc1ccc2nccc(C)c2c1. The second-order valence-corrected chi connectivity index (χ2v) is 5.77. The monoisotopic (exact) mass is 295 g/mol. The molecule has 2 rings (SSSR count). The van der Waals surface area contributed by atoms with Crippen molar-refractivity contribution in [2.75, 3.05) is 13.2 Å². The summed E-state index contributed by atoms with van der Waals surface area (Å²) in [7, 11) is -3.55. The van der Waals surface area contributed by atoms with Crippen molar-refractivity contribution in [3.8, 4) is 5.75 Å². The van der Waals surface area contributed by atoms with Crippen LogP contribution in [0.5, 0.6) is 5.75 Å². The lowest BCUT2D eigenvalue weighted by Crippen LogP contribution is -2.02. The van der Waals surface area contributed by atoms with E-state index in [1.165, 1.54) is 0 Å². The average Bonchev–Trinajstić information content (AvgIpc) is 2.40. The van der Waals surface area contributed by atoms with Gasteiger partial charge in [-0.2, -0.15) is 0 Å². The Bertz CT molecular complexity index is 634.